The summed E-state index contributed by atoms with van der Waals surface area (Å²) >= 11 is 5.78. The molecule has 0 amide bonds. The third-order valence-corrected chi connectivity index (χ3v) is 6.27. The molecular weight excluding hydrogens is 436 g/mol. The number of pyridine rings is 1. The van der Waals surface area contributed by atoms with Gasteiger partial charge in [-0.2, -0.15) is 0 Å². The number of benzene rings is 2. The van der Waals surface area contributed by atoms with Gasteiger partial charge in [-0.15, -0.1) is 0 Å². The molecule has 7 nitrogen and oxygen atoms in total. The fourth-order valence-electron chi connectivity index (χ4n) is 3.94. The summed E-state index contributed by atoms with van der Waals surface area (Å²) in [6.07, 6.45) is 0. The molecule has 0 saturated heterocycles. The predicted octanol–water partition coefficient (Wildman–Crippen LogP) is 4.11. The van der Waals surface area contributed by atoms with Crippen LogP contribution in [0.1, 0.15) is 25.0 Å². The lowest BCUT2D eigenvalue weighted by atomic mass is 10.1. The molecule has 0 atom stereocenters. The fraction of sp³-hybridized carbons (Fsp3) is 0.360. The smallest absolute Gasteiger partial charge is 0.253 e. The first-order chi connectivity index (χ1) is 16.0. The third-order valence-electron chi connectivity index (χ3n) is 5.91. The predicted molar refractivity (Wildman–Crippen MR) is 136 cm³/mol. The number of ether oxygens (including phenoxy) is 2. The molecule has 2 heterocycles. The fourth-order valence-corrected chi connectivity index (χ4v) is 4.22. The van der Waals surface area contributed by atoms with E-state index in [4.69, 9.17) is 21.7 Å². The molecule has 8 heteroatoms. The number of nitrogens with zero attached hydrogens (tertiary/aromatic N) is 2. The Morgan fingerprint density at radius 1 is 1.09 bits per heavy atom. The summed E-state index contributed by atoms with van der Waals surface area (Å²) in [6, 6.07) is 13.7. The molecule has 1 aromatic heterocycles. The maximum atomic E-state index is 12.9. The van der Waals surface area contributed by atoms with Crippen LogP contribution in [0.5, 0.6) is 11.5 Å². The van der Waals surface area contributed by atoms with Gasteiger partial charge >= 0.3 is 0 Å². The lowest BCUT2D eigenvalue weighted by molar-refractivity contribution is 0.174. The van der Waals surface area contributed by atoms with Crippen LogP contribution in [-0.2, 0) is 6.54 Å². The SMILES string of the molecule is CCN(CC)CCN(Cc1cc2cc3c(cc2[nH]c1=O)OCO3)C(=S)Nc1cccc(C)c1. The number of aromatic amines is 1. The first kappa shape index (κ1) is 23.1. The number of hydrogen-bond acceptors (Lipinski definition) is 5. The summed E-state index contributed by atoms with van der Waals surface area (Å²) < 4.78 is 10.9. The van der Waals surface area contributed by atoms with Crippen molar-refractivity contribution in [2.45, 2.75) is 27.3 Å². The molecule has 0 fully saturated rings. The molecule has 0 bridgehead atoms. The zero-order chi connectivity index (χ0) is 23.4. The van der Waals surface area contributed by atoms with Crippen molar-refractivity contribution in [1.29, 1.82) is 0 Å². The molecule has 174 valence electrons. The van der Waals surface area contributed by atoms with Gasteiger partial charge in [-0.3, -0.25) is 4.79 Å². The number of nitrogens with one attached hydrogen (secondary N) is 2. The van der Waals surface area contributed by atoms with Crippen LogP contribution in [0.15, 0.2) is 47.3 Å². The molecule has 2 N–H and O–H groups in total. The van der Waals surface area contributed by atoms with Gasteiger partial charge in [-0.25, -0.2) is 0 Å². The zero-order valence-corrected chi connectivity index (χ0v) is 20.1. The highest BCUT2D eigenvalue weighted by atomic mass is 32.1. The van der Waals surface area contributed by atoms with E-state index in [-0.39, 0.29) is 12.4 Å². The number of aryl methyl sites for hydroxylation is 1. The number of fused-ring (bicyclic) bond motifs is 2. The average Bonchev–Trinajstić information content (AvgIpc) is 3.25. The van der Waals surface area contributed by atoms with Crippen LogP contribution < -0.4 is 20.3 Å². The van der Waals surface area contributed by atoms with E-state index >= 15 is 0 Å². The second kappa shape index (κ2) is 10.2. The van der Waals surface area contributed by atoms with Gasteiger partial charge in [0.2, 0.25) is 6.79 Å². The first-order valence-corrected chi connectivity index (χ1v) is 11.7. The van der Waals surface area contributed by atoms with Crippen molar-refractivity contribution in [2.75, 3.05) is 38.3 Å². The number of thiocarbonyl (C=S) groups is 1. The Labute approximate surface area is 199 Å². The summed E-state index contributed by atoms with van der Waals surface area (Å²) in [5.41, 5.74) is 3.33. The number of H-pyrrole nitrogens is 1. The average molecular weight is 467 g/mol. The molecule has 0 spiro atoms. The van der Waals surface area contributed by atoms with Crippen molar-refractivity contribution in [3.8, 4) is 11.5 Å². The van der Waals surface area contributed by atoms with E-state index in [0.717, 1.165) is 41.8 Å². The van der Waals surface area contributed by atoms with Gasteiger partial charge in [0.1, 0.15) is 0 Å². The molecule has 1 aliphatic rings. The van der Waals surface area contributed by atoms with Crippen LogP contribution in [-0.4, -0.2) is 52.9 Å². The highest BCUT2D eigenvalue weighted by molar-refractivity contribution is 7.80. The van der Waals surface area contributed by atoms with E-state index in [1.165, 1.54) is 0 Å². The Kier molecular flexibility index (Phi) is 7.15. The van der Waals surface area contributed by atoms with E-state index in [0.29, 0.717) is 35.3 Å². The molecule has 0 saturated carbocycles. The molecule has 3 aromatic rings. The minimum atomic E-state index is -0.132. The van der Waals surface area contributed by atoms with Crippen molar-refractivity contribution in [1.82, 2.24) is 14.8 Å². The Morgan fingerprint density at radius 3 is 2.58 bits per heavy atom. The van der Waals surface area contributed by atoms with Crippen molar-refractivity contribution in [3.63, 3.8) is 0 Å². The summed E-state index contributed by atoms with van der Waals surface area (Å²) in [7, 11) is 0. The Balaban J connectivity index is 1.60. The van der Waals surface area contributed by atoms with E-state index < -0.39 is 0 Å². The largest absolute Gasteiger partial charge is 0.454 e. The van der Waals surface area contributed by atoms with Crippen LogP contribution in [0.4, 0.5) is 5.69 Å². The van der Waals surface area contributed by atoms with Crippen molar-refractivity contribution < 1.29 is 9.47 Å². The second-order valence-electron chi connectivity index (χ2n) is 8.16. The van der Waals surface area contributed by atoms with Gasteiger partial charge in [-0.05, 0) is 62.1 Å². The Morgan fingerprint density at radius 2 is 1.85 bits per heavy atom. The number of likely N-dealkylation sites (N-methyl/N-ethyl adjacent to an activating group) is 1. The molecule has 1 aliphatic heterocycles. The van der Waals surface area contributed by atoms with Gasteiger partial charge in [0.05, 0.1) is 12.1 Å². The molecule has 0 radical (unpaired) electrons. The maximum Gasteiger partial charge on any atom is 0.253 e. The van der Waals surface area contributed by atoms with Crippen LogP contribution in [0.3, 0.4) is 0 Å². The topological polar surface area (TPSA) is 69.8 Å². The van der Waals surface area contributed by atoms with Gasteiger partial charge < -0.3 is 29.6 Å². The lowest BCUT2D eigenvalue weighted by Gasteiger charge is -2.29. The van der Waals surface area contributed by atoms with Crippen molar-refractivity contribution in [2.24, 2.45) is 0 Å². The molecule has 2 aromatic carbocycles. The van der Waals surface area contributed by atoms with Crippen molar-refractivity contribution >= 4 is 33.9 Å². The number of rotatable bonds is 8. The highest BCUT2D eigenvalue weighted by Gasteiger charge is 2.18. The third kappa shape index (κ3) is 5.46. The monoisotopic (exact) mass is 466 g/mol. The number of hydrogen-bond donors (Lipinski definition) is 2. The van der Waals surface area contributed by atoms with Crippen LogP contribution >= 0.6 is 12.2 Å². The van der Waals surface area contributed by atoms with Crippen molar-refractivity contribution in [3.05, 3.63) is 63.9 Å². The van der Waals surface area contributed by atoms with Crippen LogP contribution in [0, 0.1) is 6.92 Å². The number of anilines is 1. The maximum absolute atomic E-state index is 12.9. The molecule has 33 heavy (non-hydrogen) atoms. The van der Waals surface area contributed by atoms with Gasteiger partial charge in [0.15, 0.2) is 16.6 Å². The van der Waals surface area contributed by atoms with E-state index in [2.05, 4.69) is 40.0 Å². The Bertz CT molecular complexity index is 1210. The highest BCUT2D eigenvalue weighted by Crippen LogP contribution is 2.35. The Hall–Kier alpha value is -3.10. The normalized spacial score (nSPS) is 12.4. The molecule has 0 unspecified atom stereocenters. The molecule has 0 aliphatic carbocycles. The molecular formula is C25H30N4O3S. The minimum Gasteiger partial charge on any atom is -0.454 e. The molecule has 4 rings (SSSR count). The lowest BCUT2D eigenvalue weighted by Crippen LogP contribution is -2.41. The quantitative estimate of drug-likeness (QED) is 0.484. The van der Waals surface area contributed by atoms with E-state index in [1.54, 1.807) is 0 Å². The summed E-state index contributed by atoms with van der Waals surface area (Å²) in [5.74, 6) is 1.34. The van der Waals surface area contributed by atoms with E-state index in [1.807, 2.05) is 43.3 Å². The van der Waals surface area contributed by atoms with Crippen LogP contribution in [0.2, 0.25) is 0 Å². The standard InChI is InChI=1S/C25H30N4O3S/c1-4-28(5-2)9-10-29(25(33)26-20-8-6-7-17(3)11-20)15-19-12-18-13-22-23(32-16-31-22)14-21(18)27-24(19)30/h6-8,11-14H,4-5,9-10,15-16H2,1-3H3,(H,26,33)(H,27,30). The summed E-state index contributed by atoms with van der Waals surface area (Å²) in [5, 5.41) is 4.84. The second-order valence-corrected chi connectivity index (χ2v) is 8.55. The van der Waals surface area contributed by atoms with Gasteiger partial charge in [0.25, 0.3) is 5.56 Å². The summed E-state index contributed by atoms with van der Waals surface area (Å²) in [6.45, 7) is 10.4. The van der Waals surface area contributed by atoms with Gasteiger partial charge in [-0.1, -0.05) is 26.0 Å². The zero-order valence-electron chi connectivity index (χ0n) is 19.3. The van der Waals surface area contributed by atoms with E-state index in [9.17, 15) is 4.79 Å². The van der Waals surface area contributed by atoms with Crippen LogP contribution in [0.25, 0.3) is 10.9 Å². The minimum absolute atomic E-state index is 0.132. The first-order valence-electron chi connectivity index (χ1n) is 11.3. The summed E-state index contributed by atoms with van der Waals surface area (Å²) in [4.78, 5) is 20.3. The number of aromatic nitrogens is 1. The van der Waals surface area contributed by atoms with Gasteiger partial charge in [0, 0.05) is 35.8 Å².